The fourth-order valence-electron chi connectivity index (χ4n) is 0.810. The number of hydrogen-bond donors (Lipinski definition) is 2. The van der Waals surface area contributed by atoms with Gasteiger partial charge in [0.2, 0.25) is 0 Å². The van der Waals surface area contributed by atoms with Gasteiger partial charge in [-0.15, -0.1) is 11.3 Å². The third-order valence-electron chi connectivity index (χ3n) is 1.43. The molecule has 0 saturated carbocycles. The molecule has 0 amide bonds. The van der Waals surface area contributed by atoms with Crippen LogP contribution in [-0.2, 0) is 11.3 Å². The van der Waals surface area contributed by atoms with E-state index >= 15 is 0 Å². The lowest BCUT2D eigenvalue weighted by Gasteiger charge is -1.99. The summed E-state index contributed by atoms with van der Waals surface area (Å²) in [6.45, 7) is 1.25. The number of thiophene rings is 1. The second kappa shape index (κ2) is 5.03. The molecule has 0 saturated heterocycles. The third kappa shape index (κ3) is 3.13. The van der Waals surface area contributed by atoms with Gasteiger partial charge < -0.3 is 11.1 Å². The van der Waals surface area contributed by atoms with E-state index in [1.807, 2.05) is 17.5 Å². The van der Waals surface area contributed by atoms with E-state index in [1.54, 1.807) is 11.3 Å². The molecule has 0 spiro atoms. The summed E-state index contributed by atoms with van der Waals surface area (Å²) in [6.07, 6.45) is 0. The van der Waals surface area contributed by atoms with E-state index in [1.165, 1.54) is 4.88 Å². The molecule has 1 aromatic rings. The summed E-state index contributed by atoms with van der Waals surface area (Å²) in [7, 11) is 0. The highest BCUT2D eigenvalue weighted by Crippen LogP contribution is 2.06. The van der Waals surface area contributed by atoms with E-state index in [-0.39, 0.29) is 12.3 Å². The topological polar surface area (TPSA) is 55.1 Å². The van der Waals surface area contributed by atoms with Crippen molar-refractivity contribution in [3.63, 3.8) is 0 Å². The minimum absolute atomic E-state index is 0.0477. The van der Waals surface area contributed by atoms with Gasteiger partial charge in [0.1, 0.15) is 0 Å². The van der Waals surface area contributed by atoms with Crippen molar-refractivity contribution in [1.82, 2.24) is 5.32 Å². The maximum absolute atomic E-state index is 10.8. The number of carbonyl (C=O) groups excluding carboxylic acids is 1. The minimum Gasteiger partial charge on any atom is -0.324 e. The van der Waals surface area contributed by atoms with Gasteiger partial charge in [-0.2, -0.15) is 0 Å². The highest BCUT2D eigenvalue weighted by atomic mass is 32.1. The average molecular weight is 184 g/mol. The fourth-order valence-corrected chi connectivity index (χ4v) is 1.48. The Labute approximate surface area is 75.6 Å². The number of hydrogen-bond acceptors (Lipinski definition) is 4. The summed E-state index contributed by atoms with van der Waals surface area (Å²) in [5.41, 5.74) is 5.14. The summed E-state index contributed by atoms with van der Waals surface area (Å²) in [6, 6.07) is 4.02. The zero-order chi connectivity index (χ0) is 8.81. The van der Waals surface area contributed by atoms with Crippen molar-refractivity contribution < 1.29 is 4.79 Å². The molecule has 1 heterocycles. The number of ketones is 1. The first-order chi connectivity index (χ1) is 5.83. The first-order valence-corrected chi connectivity index (χ1v) is 4.65. The molecule has 12 heavy (non-hydrogen) atoms. The fraction of sp³-hybridized carbons (Fsp3) is 0.375. The molecule has 0 fully saturated rings. The van der Waals surface area contributed by atoms with Crippen molar-refractivity contribution >= 4 is 17.1 Å². The van der Waals surface area contributed by atoms with Crippen molar-refractivity contribution in [1.29, 1.82) is 0 Å². The van der Waals surface area contributed by atoms with E-state index in [0.29, 0.717) is 6.54 Å². The number of rotatable bonds is 5. The molecule has 0 radical (unpaired) electrons. The molecule has 66 valence electrons. The molecular formula is C8H12N2OS. The van der Waals surface area contributed by atoms with Gasteiger partial charge in [-0.1, -0.05) is 6.07 Å². The van der Waals surface area contributed by atoms with Gasteiger partial charge in [0.25, 0.3) is 0 Å². The average Bonchev–Trinajstić information content (AvgIpc) is 2.57. The van der Waals surface area contributed by atoms with Crippen molar-refractivity contribution in [2.24, 2.45) is 5.73 Å². The molecule has 0 atom stereocenters. The molecule has 0 unspecified atom stereocenters. The SMILES string of the molecule is NCC(=O)CNCc1cccs1. The highest BCUT2D eigenvalue weighted by Gasteiger charge is 1.97. The zero-order valence-corrected chi connectivity index (χ0v) is 7.56. The lowest BCUT2D eigenvalue weighted by molar-refractivity contribution is -0.116. The Hall–Kier alpha value is -0.710. The van der Waals surface area contributed by atoms with E-state index in [2.05, 4.69) is 5.32 Å². The zero-order valence-electron chi connectivity index (χ0n) is 6.75. The summed E-state index contributed by atoms with van der Waals surface area (Å²) < 4.78 is 0. The maximum atomic E-state index is 10.8. The van der Waals surface area contributed by atoms with Crippen LogP contribution in [0.2, 0.25) is 0 Å². The Balaban J connectivity index is 2.15. The first kappa shape index (κ1) is 9.38. The van der Waals surface area contributed by atoms with Crippen molar-refractivity contribution in [2.75, 3.05) is 13.1 Å². The number of nitrogens with two attached hydrogens (primary N) is 1. The third-order valence-corrected chi connectivity index (χ3v) is 2.31. The Kier molecular flexibility index (Phi) is 3.93. The standard InChI is InChI=1S/C8H12N2OS/c9-4-7(11)5-10-6-8-2-1-3-12-8/h1-3,10H,4-6,9H2. The molecule has 0 aliphatic carbocycles. The molecular weight excluding hydrogens is 172 g/mol. The Morgan fingerprint density at radius 3 is 3.08 bits per heavy atom. The molecule has 0 bridgehead atoms. The minimum atomic E-state index is 0.0477. The van der Waals surface area contributed by atoms with Crippen molar-refractivity contribution in [2.45, 2.75) is 6.54 Å². The number of carbonyl (C=O) groups is 1. The second-order valence-electron chi connectivity index (χ2n) is 2.43. The van der Waals surface area contributed by atoms with Crippen LogP contribution in [0.3, 0.4) is 0 Å². The van der Waals surface area contributed by atoms with Crippen LogP contribution in [0.25, 0.3) is 0 Å². The van der Waals surface area contributed by atoms with E-state index in [0.717, 1.165) is 6.54 Å². The van der Waals surface area contributed by atoms with Crippen LogP contribution in [0.5, 0.6) is 0 Å². The van der Waals surface area contributed by atoms with Crippen molar-refractivity contribution in [3.05, 3.63) is 22.4 Å². The Morgan fingerprint density at radius 2 is 2.50 bits per heavy atom. The predicted molar refractivity (Wildman–Crippen MR) is 50.1 cm³/mol. The number of Topliss-reactive ketones (excluding diaryl/α,β-unsaturated/α-hetero) is 1. The van der Waals surface area contributed by atoms with Gasteiger partial charge >= 0.3 is 0 Å². The highest BCUT2D eigenvalue weighted by molar-refractivity contribution is 7.09. The number of nitrogens with one attached hydrogen (secondary N) is 1. The van der Waals surface area contributed by atoms with Gasteiger partial charge in [-0.3, -0.25) is 4.79 Å². The molecule has 1 aromatic heterocycles. The molecule has 0 aromatic carbocycles. The Bertz CT molecular complexity index is 233. The summed E-state index contributed by atoms with van der Waals surface area (Å²) in [5.74, 6) is 0.0477. The lowest BCUT2D eigenvalue weighted by Crippen LogP contribution is -2.27. The first-order valence-electron chi connectivity index (χ1n) is 3.78. The molecule has 3 N–H and O–H groups in total. The van der Waals surface area contributed by atoms with Gasteiger partial charge in [-0.05, 0) is 11.4 Å². The van der Waals surface area contributed by atoms with Crippen LogP contribution in [0, 0.1) is 0 Å². The van der Waals surface area contributed by atoms with Gasteiger partial charge in [-0.25, -0.2) is 0 Å². The monoisotopic (exact) mass is 184 g/mol. The van der Waals surface area contributed by atoms with Crippen LogP contribution in [0.4, 0.5) is 0 Å². The second-order valence-corrected chi connectivity index (χ2v) is 3.46. The lowest BCUT2D eigenvalue weighted by atomic mass is 10.4. The maximum Gasteiger partial charge on any atom is 0.160 e. The molecule has 1 rings (SSSR count). The molecule has 0 aliphatic heterocycles. The molecule has 4 heteroatoms. The summed E-state index contributed by atoms with van der Waals surface area (Å²) in [5, 5.41) is 5.03. The van der Waals surface area contributed by atoms with Gasteiger partial charge in [0, 0.05) is 11.4 Å². The van der Waals surface area contributed by atoms with Crippen LogP contribution in [-0.4, -0.2) is 18.9 Å². The van der Waals surface area contributed by atoms with Crippen LogP contribution >= 0.6 is 11.3 Å². The smallest absolute Gasteiger partial charge is 0.160 e. The van der Waals surface area contributed by atoms with E-state index in [9.17, 15) is 4.79 Å². The molecule has 0 aliphatic rings. The largest absolute Gasteiger partial charge is 0.324 e. The Morgan fingerprint density at radius 1 is 1.67 bits per heavy atom. The summed E-state index contributed by atoms with van der Waals surface area (Å²) >= 11 is 1.68. The normalized spacial score (nSPS) is 10.1. The van der Waals surface area contributed by atoms with Crippen LogP contribution < -0.4 is 11.1 Å². The van der Waals surface area contributed by atoms with E-state index < -0.39 is 0 Å². The van der Waals surface area contributed by atoms with Gasteiger partial charge in [0.15, 0.2) is 5.78 Å². The molecule has 3 nitrogen and oxygen atoms in total. The van der Waals surface area contributed by atoms with Crippen LogP contribution in [0.1, 0.15) is 4.88 Å². The van der Waals surface area contributed by atoms with Crippen molar-refractivity contribution in [3.8, 4) is 0 Å². The van der Waals surface area contributed by atoms with Gasteiger partial charge in [0.05, 0.1) is 13.1 Å². The van der Waals surface area contributed by atoms with Crippen LogP contribution in [0.15, 0.2) is 17.5 Å². The quantitative estimate of drug-likeness (QED) is 0.695. The predicted octanol–water partition coefficient (Wildman–Crippen LogP) is 0.366. The summed E-state index contributed by atoms with van der Waals surface area (Å²) in [4.78, 5) is 12.0. The van der Waals surface area contributed by atoms with E-state index in [4.69, 9.17) is 5.73 Å².